The van der Waals surface area contributed by atoms with Gasteiger partial charge in [0.2, 0.25) is 10.0 Å². The van der Waals surface area contributed by atoms with E-state index in [0.717, 1.165) is 42.5 Å². The zero-order valence-electron chi connectivity index (χ0n) is 16.6. The number of nitrogens with zero attached hydrogens (tertiary/aromatic N) is 2. The highest BCUT2D eigenvalue weighted by Gasteiger charge is 2.29. The molecule has 0 atom stereocenters. The van der Waals surface area contributed by atoms with Gasteiger partial charge in [-0.3, -0.25) is 4.79 Å². The highest BCUT2D eigenvalue weighted by atomic mass is 32.2. The molecule has 0 spiro atoms. The molecule has 2 aromatic carbocycles. The van der Waals surface area contributed by atoms with E-state index in [9.17, 15) is 13.2 Å². The third kappa shape index (κ3) is 4.16. The average Bonchev–Trinajstić information content (AvgIpc) is 3.27. The molecular weight excluding hydrogens is 388 g/mol. The largest absolute Gasteiger partial charge is 0.484 e. The van der Waals surface area contributed by atoms with Crippen LogP contribution in [-0.4, -0.2) is 44.9 Å². The second-order valence-electron chi connectivity index (χ2n) is 7.66. The lowest BCUT2D eigenvalue weighted by atomic mass is 10.0. The Morgan fingerprint density at radius 2 is 1.83 bits per heavy atom. The van der Waals surface area contributed by atoms with Crippen LogP contribution in [0.25, 0.3) is 0 Å². The minimum atomic E-state index is -3.46. The van der Waals surface area contributed by atoms with E-state index >= 15 is 0 Å². The van der Waals surface area contributed by atoms with E-state index in [1.165, 1.54) is 0 Å². The van der Waals surface area contributed by atoms with E-state index in [-0.39, 0.29) is 12.5 Å². The Hall–Kier alpha value is -2.38. The van der Waals surface area contributed by atoms with Crippen LogP contribution in [0.15, 0.2) is 47.4 Å². The number of benzene rings is 2. The molecule has 1 saturated heterocycles. The number of ether oxygens (including phenoxy) is 1. The Kier molecular flexibility index (Phi) is 5.61. The van der Waals surface area contributed by atoms with Crippen molar-refractivity contribution in [2.75, 3.05) is 31.1 Å². The standard InChI is InChI=1S/C22H26N2O4S/c1-17-6-4-8-19(14-17)28-16-22(25)24-13-5-7-18-15-20(9-10-21(18)24)29(26,27)23-11-2-3-12-23/h4,6,8-10,14-15H,2-3,5,7,11-13,16H2,1H3. The molecule has 154 valence electrons. The lowest BCUT2D eigenvalue weighted by Gasteiger charge is -2.30. The minimum absolute atomic E-state index is 0.0449. The van der Waals surface area contributed by atoms with E-state index in [4.69, 9.17) is 4.74 Å². The Morgan fingerprint density at radius 3 is 2.59 bits per heavy atom. The first-order valence-electron chi connectivity index (χ1n) is 10.1. The van der Waals surface area contributed by atoms with Gasteiger partial charge in [-0.25, -0.2) is 8.42 Å². The first kappa shape index (κ1) is 19.9. The van der Waals surface area contributed by atoms with Crippen LogP contribution in [0.1, 0.15) is 30.4 Å². The molecule has 2 aliphatic heterocycles. The fourth-order valence-electron chi connectivity index (χ4n) is 4.00. The van der Waals surface area contributed by atoms with E-state index in [2.05, 4.69) is 0 Å². The number of hydrogen-bond acceptors (Lipinski definition) is 4. The molecule has 6 nitrogen and oxygen atoms in total. The molecule has 0 N–H and O–H groups in total. The lowest BCUT2D eigenvalue weighted by molar-refractivity contribution is -0.120. The molecule has 0 unspecified atom stereocenters. The number of rotatable bonds is 5. The van der Waals surface area contributed by atoms with Gasteiger partial charge in [-0.1, -0.05) is 12.1 Å². The number of carbonyl (C=O) groups excluding carboxylic acids is 1. The van der Waals surface area contributed by atoms with Gasteiger partial charge >= 0.3 is 0 Å². The predicted octanol–water partition coefficient (Wildman–Crippen LogP) is 3.14. The van der Waals surface area contributed by atoms with Crippen LogP contribution in [0.5, 0.6) is 5.75 Å². The fraction of sp³-hybridized carbons (Fsp3) is 0.409. The van der Waals surface area contributed by atoms with Crippen LogP contribution in [0.4, 0.5) is 5.69 Å². The third-order valence-corrected chi connectivity index (χ3v) is 7.42. The van der Waals surface area contributed by atoms with Crippen LogP contribution in [0.3, 0.4) is 0 Å². The van der Waals surface area contributed by atoms with Crippen LogP contribution in [0, 0.1) is 6.92 Å². The van der Waals surface area contributed by atoms with Gasteiger partial charge in [0.15, 0.2) is 6.61 Å². The van der Waals surface area contributed by atoms with Gasteiger partial charge < -0.3 is 9.64 Å². The van der Waals surface area contributed by atoms with Crippen molar-refractivity contribution in [1.82, 2.24) is 4.31 Å². The topological polar surface area (TPSA) is 66.9 Å². The molecule has 1 fully saturated rings. The fourth-order valence-corrected chi connectivity index (χ4v) is 5.57. The molecule has 0 aromatic heterocycles. The molecule has 2 heterocycles. The van der Waals surface area contributed by atoms with Crippen molar-refractivity contribution in [1.29, 1.82) is 0 Å². The van der Waals surface area contributed by atoms with E-state index in [1.807, 2.05) is 31.2 Å². The summed E-state index contributed by atoms with van der Waals surface area (Å²) in [5.74, 6) is 0.547. The first-order chi connectivity index (χ1) is 13.9. The van der Waals surface area contributed by atoms with Gasteiger partial charge in [-0.2, -0.15) is 4.31 Å². The Labute approximate surface area is 172 Å². The van der Waals surface area contributed by atoms with Crippen LogP contribution in [0.2, 0.25) is 0 Å². The number of amides is 1. The van der Waals surface area contributed by atoms with E-state index in [1.54, 1.807) is 27.4 Å². The first-order valence-corrected chi connectivity index (χ1v) is 11.5. The van der Waals surface area contributed by atoms with Gasteiger partial charge in [0.25, 0.3) is 5.91 Å². The summed E-state index contributed by atoms with van der Waals surface area (Å²) in [5.41, 5.74) is 2.76. The lowest BCUT2D eigenvalue weighted by Crippen LogP contribution is -2.38. The Morgan fingerprint density at radius 1 is 1.03 bits per heavy atom. The molecule has 0 aliphatic carbocycles. The van der Waals surface area contributed by atoms with Crippen LogP contribution >= 0.6 is 0 Å². The molecule has 2 aliphatic rings. The number of fused-ring (bicyclic) bond motifs is 1. The minimum Gasteiger partial charge on any atom is -0.484 e. The number of hydrogen-bond donors (Lipinski definition) is 0. The van der Waals surface area contributed by atoms with Gasteiger partial charge in [0.05, 0.1) is 4.90 Å². The molecule has 7 heteroatoms. The number of aryl methyl sites for hydroxylation is 2. The molecule has 0 radical (unpaired) electrons. The summed E-state index contributed by atoms with van der Waals surface area (Å²) in [5, 5.41) is 0. The number of anilines is 1. The SMILES string of the molecule is Cc1cccc(OCC(=O)N2CCCc3cc(S(=O)(=O)N4CCCC4)ccc32)c1. The second-order valence-corrected chi connectivity index (χ2v) is 9.59. The Balaban J connectivity index is 1.51. The second kappa shape index (κ2) is 8.16. The highest BCUT2D eigenvalue weighted by molar-refractivity contribution is 7.89. The van der Waals surface area contributed by atoms with E-state index < -0.39 is 10.0 Å². The molecule has 4 rings (SSSR count). The zero-order chi connectivity index (χ0) is 20.4. The van der Waals surface area contributed by atoms with Crippen molar-refractivity contribution >= 4 is 21.6 Å². The maximum Gasteiger partial charge on any atom is 0.264 e. The van der Waals surface area contributed by atoms with Gasteiger partial charge in [-0.05, 0) is 74.1 Å². The van der Waals surface area contributed by atoms with Crippen molar-refractivity contribution in [2.45, 2.75) is 37.5 Å². The average molecular weight is 415 g/mol. The normalized spacial score (nSPS) is 17.2. The number of carbonyl (C=O) groups is 1. The quantitative estimate of drug-likeness (QED) is 0.754. The maximum atomic E-state index is 12.8. The molecular formula is C22H26N2O4S. The van der Waals surface area contributed by atoms with Crippen molar-refractivity contribution in [2.24, 2.45) is 0 Å². The maximum absolute atomic E-state index is 12.8. The monoisotopic (exact) mass is 414 g/mol. The van der Waals surface area contributed by atoms with Crippen molar-refractivity contribution in [3.8, 4) is 5.75 Å². The molecule has 1 amide bonds. The van der Waals surface area contributed by atoms with Gasteiger partial charge in [0, 0.05) is 25.3 Å². The predicted molar refractivity (Wildman–Crippen MR) is 112 cm³/mol. The van der Waals surface area contributed by atoms with Crippen LogP contribution in [-0.2, 0) is 21.2 Å². The number of sulfonamides is 1. The van der Waals surface area contributed by atoms with Crippen LogP contribution < -0.4 is 9.64 Å². The summed E-state index contributed by atoms with van der Waals surface area (Å²) in [6.07, 6.45) is 3.39. The molecule has 0 bridgehead atoms. The van der Waals surface area contributed by atoms with Crippen molar-refractivity contribution in [3.05, 3.63) is 53.6 Å². The summed E-state index contributed by atoms with van der Waals surface area (Å²) in [7, 11) is -3.46. The molecule has 0 saturated carbocycles. The summed E-state index contributed by atoms with van der Waals surface area (Å²) in [4.78, 5) is 14.8. The molecule has 29 heavy (non-hydrogen) atoms. The smallest absolute Gasteiger partial charge is 0.264 e. The zero-order valence-corrected chi connectivity index (χ0v) is 17.5. The van der Waals surface area contributed by atoms with Gasteiger partial charge in [0.1, 0.15) is 5.75 Å². The summed E-state index contributed by atoms with van der Waals surface area (Å²) in [6, 6.07) is 12.7. The summed E-state index contributed by atoms with van der Waals surface area (Å²) in [6.45, 7) is 3.71. The van der Waals surface area contributed by atoms with Crippen molar-refractivity contribution in [3.63, 3.8) is 0 Å². The molecule has 2 aromatic rings. The highest BCUT2D eigenvalue weighted by Crippen LogP contribution is 2.31. The van der Waals surface area contributed by atoms with Gasteiger partial charge in [-0.15, -0.1) is 0 Å². The Bertz CT molecular complexity index is 1010. The summed E-state index contributed by atoms with van der Waals surface area (Å²) < 4.78 is 32.9. The third-order valence-electron chi connectivity index (χ3n) is 5.53. The van der Waals surface area contributed by atoms with Crippen molar-refractivity contribution < 1.29 is 17.9 Å². The van der Waals surface area contributed by atoms with E-state index in [0.29, 0.717) is 30.3 Å². The summed E-state index contributed by atoms with van der Waals surface area (Å²) >= 11 is 0.